The van der Waals surface area contributed by atoms with Gasteiger partial charge >= 0.3 is 6.18 Å². The minimum atomic E-state index is -4.49. The zero-order valence-electron chi connectivity index (χ0n) is 9.79. The van der Waals surface area contributed by atoms with Gasteiger partial charge in [0.2, 0.25) is 10.0 Å². The highest BCUT2D eigenvalue weighted by Gasteiger charge is 2.45. The number of hydrogen-bond donors (Lipinski definition) is 1. The van der Waals surface area contributed by atoms with Crippen molar-refractivity contribution in [3.05, 3.63) is 0 Å². The maximum atomic E-state index is 12.4. The number of hydrogen-bond acceptors (Lipinski definition) is 3. The van der Waals surface area contributed by atoms with Gasteiger partial charge in [0.05, 0.1) is 5.25 Å². The summed E-state index contributed by atoms with van der Waals surface area (Å²) in [6.07, 6.45) is -3.46. The van der Waals surface area contributed by atoms with Crippen LogP contribution in [0, 0.1) is 0 Å². The van der Waals surface area contributed by atoms with Crippen LogP contribution in [0.15, 0.2) is 0 Å². The smallest absolute Gasteiger partial charge is 0.318 e. The molecule has 8 heteroatoms. The van der Waals surface area contributed by atoms with Crippen LogP contribution in [0.1, 0.15) is 19.8 Å². The summed E-state index contributed by atoms with van der Waals surface area (Å²) < 4.78 is 61.6. The molecule has 0 bridgehead atoms. The van der Waals surface area contributed by atoms with Crippen LogP contribution >= 0.6 is 0 Å². The number of alkyl halides is 3. The number of nitrogens with zero attached hydrogens (tertiary/aromatic N) is 1. The topological polar surface area (TPSA) is 49.4 Å². The summed E-state index contributed by atoms with van der Waals surface area (Å²) in [5, 5.41) is 1.81. The molecule has 0 aromatic heterocycles. The summed E-state index contributed by atoms with van der Waals surface area (Å²) >= 11 is 0. The largest absolute Gasteiger partial charge is 0.402 e. The van der Waals surface area contributed by atoms with E-state index in [1.807, 2.05) is 0 Å². The van der Waals surface area contributed by atoms with E-state index in [0.29, 0.717) is 17.1 Å². The third-order valence-electron chi connectivity index (χ3n) is 2.62. The lowest BCUT2D eigenvalue weighted by molar-refractivity contribution is -0.137. The maximum Gasteiger partial charge on any atom is 0.402 e. The van der Waals surface area contributed by atoms with Crippen molar-refractivity contribution in [1.82, 2.24) is 9.62 Å². The molecular weight excluding hydrogens is 257 g/mol. The summed E-state index contributed by atoms with van der Waals surface area (Å²) in [4.78, 5) is 0. The lowest BCUT2D eigenvalue weighted by atomic mass is 10.5. The van der Waals surface area contributed by atoms with Crippen LogP contribution in [0.3, 0.4) is 0 Å². The summed E-state index contributed by atoms with van der Waals surface area (Å²) in [5.74, 6) is 0. The highest BCUT2D eigenvalue weighted by molar-refractivity contribution is 7.89. The molecule has 17 heavy (non-hydrogen) atoms. The Morgan fingerprint density at radius 3 is 2.29 bits per heavy atom. The normalized spacial score (nSPS) is 19.6. The molecule has 0 spiro atoms. The van der Waals surface area contributed by atoms with Crippen molar-refractivity contribution >= 4 is 10.0 Å². The Morgan fingerprint density at radius 2 is 1.94 bits per heavy atom. The molecule has 0 saturated heterocycles. The van der Waals surface area contributed by atoms with Gasteiger partial charge in [-0.1, -0.05) is 0 Å². The van der Waals surface area contributed by atoms with Crippen LogP contribution in [0.4, 0.5) is 13.2 Å². The second-order valence-corrected chi connectivity index (χ2v) is 6.61. The first-order chi connectivity index (χ1) is 7.68. The second kappa shape index (κ2) is 5.11. The Morgan fingerprint density at radius 1 is 1.41 bits per heavy atom. The van der Waals surface area contributed by atoms with Crippen LogP contribution in [0.2, 0.25) is 0 Å². The minimum Gasteiger partial charge on any atom is -0.318 e. The first kappa shape index (κ1) is 14.7. The fourth-order valence-electron chi connectivity index (χ4n) is 1.59. The van der Waals surface area contributed by atoms with E-state index in [2.05, 4.69) is 5.32 Å². The Bertz CT molecular complexity index is 352. The Kier molecular flexibility index (Phi) is 4.43. The predicted molar refractivity (Wildman–Crippen MR) is 58.1 cm³/mol. The summed E-state index contributed by atoms with van der Waals surface area (Å²) in [6.45, 7) is 0.176. The average molecular weight is 274 g/mol. The van der Waals surface area contributed by atoms with Crippen LogP contribution in [0.5, 0.6) is 0 Å². The van der Waals surface area contributed by atoms with Gasteiger partial charge in [-0.15, -0.1) is 0 Å². The molecule has 0 amide bonds. The Hall–Kier alpha value is -0.340. The Balaban J connectivity index is 2.83. The molecule has 1 aliphatic carbocycles. The van der Waals surface area contributed by atoms with Gasteiger partial charge in [-0.3, -0.25) is 0 Å². The number of sulfonamides is 1. The van der Waals surface area contributed by atoms with Gasteiger partial charge in [0, 0.05) is 12.6 Å². The molecule has 0 aliphatic heterocycles. The highest BCUT2D eigenvalue weighted by atomic mass is 32.2. The fraction of sp³-hybridized carbons (Fsp3) is 1.00. The quantitative estimate of drug-likeness (QED) is 0.784. The van der Waals surface area contributed by atoms with E-state index in [-0.39, 0.29) is 6.54 Å². The van der Waals surface area contributed by atoms with Crippen LogP contribution in [-0.2, 0) is 10.0 Å². The fourth-order valence-corrected chi connectivity index (χ4v) is 3.38. The molecule has 1 aliphatic rings. The van der Waals surface area contributed by atoms with E-state index < -0.39 is 34.0 Å². The van der Waals surface area contributed by atoms with E-state index in [1.165, 1.54) is 6.92 Å². The van der Waals surface area contributed by atoms with Crippen molar-refractivity contribution < 1.29 is 21.6 Å². The highest BCUT2D eigenvalue weighted by Crippen LogP contribution is 2.33. The van der Waals surface area contributed by atoms with Crippen LogP contribution < -0.4 is 5.32 Å². The van der Waals surface area contributed by atoms with E-state index in [9.17, 15) is 21.6 Å². The molecule has 1 saturated carbocycles. The van der Waals surface area contributed by atoms with Crippen LogP contribution in [0.25, 0.3) is 0 Å². The zero-order chi connectivity index (χ0) is 13.3. The van der Waals surface area contributed by atoms with Crippen molar-refractivity contribution in [2.75, 3.05) is 20.1 Å². The second-order valence-electron chi connectivity index (χ2n) is 4.30. The average Bonchev–Trinajstić information content (AvgIpc) is 2.96. The van der Waals surface area contributed by atoms with E-state index >= 15 is 0 Å². The first-order valence-corrected chi connectivity index (χ1v) is 6.91. The molecule has 0 aromatic carbocycles. The van der Waals surface area contributed by atoms with E-state index in [0.717, 1.165) is 0 Å². The van der Waals surface area contributed by atoms with Crippen LogP contribution in [-0.4, -0.2) is 50.3 Å². The third-order valence-corrected chi connectivity index (χ3v) is 4.88. The van der Waals surface area contributed by atoms with Gasteiger partial charge in [0.15, 0.2) is 0 Å². The maximum absolute atomic E-state index is 12.4. The van der Waals surface area contributed by atoms with Gasteiger partial charge < -0.3 is 5.32 Å². The molecular formula is C9H17F3N2O2S. The van der Waals surface area contributed by atoms with Crippen molar-refractivity contribution in [1.29, 1.82) is 0 Å². The van der Waals surface area contributed by atoms with Gasteiger partial charge in [-0.25, -0.2) is 8.42 Å². The monoisotopic (exact) mass is 274 g/mol. The summed E-state index contributed by atoms with van der Waals surface area (Å²) in [5.41, 5.74) is 0. The minimum absolute atomic E-state index is 0.142. The SMILES string of the molecule is CNCC(C)S(=O)(=O)N(CC(F)(F)F)C1CC1. The standard InChI is InChI=1S/C9H17F3N2O2S/c1-7(5-13-2)17(15,16)14(8-3-4-8)6-9(10,11)12/h7-8,13H,3-6H2,1-2H3. The van der Waals surface area contributed by atoms with Crippen molar-refractivity contribution in [3.63, 3.8) is 0 Å². The van der Waals surface area contributed by atoms with Crippen molar-refractivity contribution in [2.24, 2.45) is 0 Å². The zero-order valence-corrected chi connectivity index (χ0v) is 10.6. The van der Waals surface area contributed by atoms with Gasteiger partial charge in [-0.2, -0.15) is 17.5 Å². The van der Waals surface area contributed by atoms with E-state index in [4.69, 9.17) is 0 Å². The third kappa shape index (κ3) is 4.11. The van der Waals surface area contributed by atoms with Gasteiger partial charge in [0.1, 0.15) is 6.54 Å². The van der Waals surface area contributed by atoms with Gasteiger partial charge in [-0.05, 0) is 26.8 Å². The number of halogens is 3. The molecule has 0 aromatic rings. The summed E-state index contributed by atoms with van der Waals surface area (Å²) in [6, 6.07) is -0.471. The predicted octanol–water partition coefficient (Wildman–Crippen LogP) is 0.951. The molecule has 1 N–H and O–H groups in total. The Labute approximate surface area is 99.2 Å². The lowest BCUT2D eigenvalue weighted by Gasteiger charge is -2.26. The molecule has 4 nitrogen and oxygen atoms in total. The molecule has 0 radical (unpaired) electrons. The molecule has 1 unspecified atom stereocenters. The van der Waals surface area contributed by atoms with E-state index in [1.54, 1.807) is 7.05 Å². The van der Waals surface area contributed by atoms with Crippen molar-refractivity contribution in [2.45, 2.75) is 37.2 Å². The molecule has 1 rings (SSSR count). The van der Waals surface area contributed by atoms with Crippen molar-refractivity contribution in [3.8, 4) is 0 Å². The molecule has 1 atom stereocenters. The van der Waals surface area contributed by atoms with Gasteiger partial charge in [0.25, 0.3) is 0 Å². The lowest BCUT2D eigenvalue weighted by Crippen LogP contribution is -2.46. The molecule has 102 valence electrons. The first-order valence-electron chi connectivity index (χ1n) is 5.40. The summed E-state index contributed by atoms with van der Waals surface area (Å²) in [7, 11) is -2.32. The number of nitrogens with one attached hydrogen (secondary N) is 1. The molecule has 0 heterocycles. The molecule has 1 fully saturated rings. The number of rotatable bonds is 6.